The minimum atomic E-state index is -0.819. The average molecular weight is 351 g/mol. The fourth-order valence-electron chi connectivity index (χ4n) is 2.36. The van der Waals surface area contributed by atoms with Gasteiger partial charge < -0.3 is 0 Å². The molecule has 26 heavy (non-hydrogen) atoms. The zero-order valence-corrected chi connectivity index (χ0v) is 13.7. The summed E-state index contributed by atoms with van der Waals surface area (Å²) in [6.07, 6.45) is 6.03. The summed E-state index contributed by atoms with van der Waals surface area (Å²) in [5.74, 6) is -1.99. The lowest BCUT2D eigenvalue weighted by molar-refractivity contribution is -0.114. The van der Waals surface area contributed by atoms with Crippen LogP contribution in [0.4, 0.5) is 14.5 Å². The van der Waals surface area contributed by atoms with E-state index in [2.05, 4.69) is 9.97 Å². The lowest BCUT2D eigenvalue weighted by Crippen LogP contribution is -2.30. The van der Waals surface area contributed by atoms with Gasteiger partial charge in [0.2, 0.25) is 0 Å². The molecule has 0 saturated heterocycles. The van der Waals surface area contributed by atoms with Gasteiger partial charge in [0.05, 0.1) is 23.6 Å². The Morgan fingerprint density at radius 2 is 1.77 bits per heavy atom. The van der Waals surface area contributed by atoms with Gasteiger partial charge in [-0.15, -0.1) is 0 Å². The van der Waals surface area contributed by atoms with Gasteiger partial charge in [0.1, 0.15) is 11.6 Å². The SMILES string of the molecule is O=C(C=Cc1ccccn1)N(Cc1ccccn1)c1ccc(F)cc1F. The van der Waals surface area contributed by atoms with Gasteiger partial charge in [-0.3, -0.25) is 19.7 Å². The van der Waals surface area contributed by atoms with E-state index in [1.807, 2.05) is 0 Å². The highest BCUT2D eigenvalue weighted by Gasteiger charge is 2.18. The standard InChI is InChI=1S/C20H15F2N3O/c21-15-7-9-19(18(22)13-15)25(14-17-6-2-4-12-24-17)20(26)10-8-16-5-1-3-11-23-16/h1-13H,14H2. The molecule has 1 amide bonds. The highest BCUT2D eigenvalue weighted by atomic mass is 19.1. The Morgan fingerprint density at radius 1 is 1.00 bits per heavy atom. The van der Waals surface area contributed by atoms with Gasteiger partial charge in [-0.2, -0.15) is 0 Å². The van der Waals surface area contributed by atoms with Gasteiger partial charge in [-0.1, -0.05) is 12.1 Å². The molecule has 0 radical (unpaired) electrons. The van der Waals surface area contributed by atoms with Crippen molar-refractivity contribution in [3.63, 3.8) is 0 Å². The Bertz CT molecular complexity index is 915. The van der Waals surface area contributed by atoms with Gasteiger partial charge in [0, 0.05) is 24.5 Å². The van der Waals surface area contributed by atoms with Crippen LogP contribution in [0.1, 0.15) is 11.4 Å². The molecule has 0 aliphatic carbocycles. The van der Waals surface area contributed by atoms with E-state index in [0.717, 1.165) is 12.1 Å². The number of pyridine rings is 2. The van der Waals surface area contributed by atoms with Gasteiger partial charge >= 0.3 is 0 Å². The molecule has 1 aromatic carbocycles. The van der Waals surface area contributed by atoms with Crippen LogP contribution in [0.15, 0.2) is 73.1 Å². The summed E-state index contributed by atoms with van der Waals surface area (Å²) in [6, 6.07) is 13.6. The quantitative estimate of drug-likeness (QED) is 0.653. The van der Waals surface area contributed by atoms with E-state index >= 15 is 0 Å². The van der Waals surface area contributed by atoms with Crippen molar-refractivity contribution in [2.24, 2.45) is 0 Å². The molecule has 6 heteroatoms. The van der Waals surface area contributed by atoms with Gasteiger partial charge in [0.25, 0.3) is 5.91 Å². The highest BCUT2D eigenvalue weighted by molar-refractivity contribution is 6.03. The Hall–Kier alpha value is -3.41. The molecule has 0 N–H and O–H groups in total. The largest absolute Gasteiger partial charge is 0.300 e. The first-order chi connectivity index (χ1) is 12.6. The normalized spacial score (nSPS) is 10.8. The van der Waals surface area contributed by atoms with Crippen molar-refractivity contribution in [1.29, 1.82) is 0 Å². The third-order valence-corrected chi connectivity index (χ3v) is 3.60. The van der Waals surface area contributed by atoms with Crippen LogP contribution < -0.4 is 4.90 Å². The van der Waals surface area contributed by atoms with Crippen LogP contribution >= 0.6 is 0 Å². The molecule has 0 bridgehead atoms. The monoisotopic (exact) mass is 351 g/mol. The second-order valence-corrected chi connectivity index (χ2v) is 5.43. The number of carbonyl (C=O) groups excluding carboxylic acids is 1. The third kappa shape index (κ3) is 4.36. The molecule has 0 saturated carbocycles. The number of amides is 1. The van der Waals surface area contributed by atoms with Crippen LogP contribution in [0, 0.1) is 11.6 Å². The predicted octanol–water partition coefficient (Wildman–Crippen LogP) is 4.00. The number of rotatable bonds is 5. The molecule has 130 valence electrons. The molecule has 0 atom stereocenters. The average Bonchev–Trinajstić information content (AvgIpc) is 2.66. The molecule has 0 aliphatic heterocycles. The molecular formula is C20H15F2N3O. The fraction of sp³-hybridized carbons (Fsp3) is 0.0500. The first-order valence-electron chi connectivity index (χ1n) is 7.89. The number of carbonyl (C=O) groups is 1. The summed E-state index contributed by atoms with van der Waals surface area (Å²) >= 11 is 0. The number of anilines is 1. The zero-order valence-electron chi connectivity index (χ0n) is 13.7. The topological polar surface area (TPSA) is 46.1 Å². The maximum atomic E-state index is 14.2. The number of hydrogen-bond acceptors (Lipinski definition) is 3. The lowest BCUT2D eigenvalue weighted by atomic mass is 10.2. The Balaban J connectivity index is 1.91. The van der Waals surface area contributed by atoms with Crippen molar-refractivity contribution in [3.8, 4) is 0 Å². The third-order valence-electron chi connectivity index (χ3n) is 3.60. The van der Waals surface area contributed by atoms with Gasteiger partial charge in [-0.05, 0) is 42.5 Å². The van der Waals surface area contributed by atoms with Crippen LogP contribution in [0.3, 0.4) is 0 Å². The number of benzene rings is 1. The van der Waals surface area contributed by atoms with E-state index in [-0.39, 0.29) is 12.2 Å². The van der Waals surface area contributed by atoms with Crippen LogP contribution in [-0.2, 0) is 11.3 Å². The minimum absolute atomic E-state index is 0.0206. The number of halogens is 2. The molecule has 0 aliphatic rings. The first-order valence-corrected chi connectivity index (χ1v) is 7.89. The van der Waals surface area contributed by atoms with Crippen LogP contribution in [0.5, 0.6) is 0 Å². The van der Waals surface area contributed by atoms with E-state index in [1.54, 1.807) is 48.8 Å². The summed E-state index contributed by atoms with van der Waals surface area (Å²) < 4.78 is 27.5. The van der Waals surface area contributed by atoms with Crippen LogP contribution in [0.25, 0.3) is 6.08 Å². The summed E-state index contributed by atoms with van der Waals surface area (Å²) in [6.45, 7) is 0.0504. The Labute approximate surface area is 149 Å². The molecule has 0 spiro atoms. The smallest absolute Gasteiger partial charge is 0.251 e. The summed E-state index contributed by atoms with van der Waals surface area (Å²) in [4.78, 5) is 22.2. The molecule has 0 fully saturated rings. The molecule has 2 aromatic heterocycles. The van der Waals surface area contributed by atoms with Gasteiger partial charge in [-0.25, -0.2) is 8.78 Å². The van der Waals surface area contributed by atoms with Crippen molar-refractivity contribution in [1.82, 2.24) is 9.97 Å². The van der Waals surface area contributed by atoms with E-state index in [4.69, 9.17) is 0 Å². The lowest BCUT2D eigenvalue weighted by Gasteiger charge is -2.21. The van der Waals surface area contributed by atoms with Gasteiger partial charge in [0.15, 0.2) is 0 Å². The van der Waals surface area contributed by atoms with Crippen molar-refractivity contribution in [3.05, 3.63) is 96.1 Å². The van der Waals surface area contributed by atoms with Crippen molar-refractivity contribution in [2.45, 2.75) is 6.54 Å². The summed E-state index contributed by atoms with van der Waals surface area (Å²) in [7, 11) is 0. The van der Waals surface area contributed by atoms with E-state index < -0.39 is 17.5 Å². The van der Waals surface area contributed by atoms with Crippen LogP contribution in [0.2, 0.25) is 0 Å². The molecule has 3 rings (SSSR count). The van der Waals surface area contributed by atoms with Crippen molar-refractivity contribution in [2.75, 3.05) is 4.90 Å². The maximum Gasteiger partial charge on any atom is 0.251 e. The Morgan fingerprint density at radius 3 is 2.42 bits per heavy atom. The minimum Gasteiger partial charge on any atom is -0.300 e. The van der Waals surface area contributed by atoms with Crippen LogP contribution in [-0.4, -0.2) is 15.9 Å². The summed E-state index contributed by atoms with van der Waals surface area (Å²) in [5.41, 5.74) is 1.15. The van der Waals surface area contributed by atoms with Crippen molar-refractivity contribution >= 4 is 17.7 Å². The van der Waals surface area contributed by atoms with E-state index in [9.17, 15) is 13.6 Å². The zero-order chi connectivity index (χ0) is 18.4. The van der Waals surface area contributed by atoms with E-state index in [1.165, 1.54) is 23.1 Å². The fourth-order valence-corrected chi connectivity index (χ4v) is 2.36. The Kier molecular flexibility index (Phi) is 5.43. The maximum absolute atomic E-state index is 14.2. The highest BCUT2D eigenvalue weighted by Crippen LogP contribution is 2.22. The molecule has 3 aromatic rings. The predicted molar refractivity (Wildman–Crippen MR) is 95.1 cm³/mol. The first kappa shape index (κ1) is 17.4. The second-order valence-electron chi connectivity index (χ2n) is 5.43. The molecule has 4 nitrogen and oxygen atoms in total. The molecular weight excluding hydrogens is 336 g/mol. The number of nitrogens with zero attached hydrogens (tertiary/aromatic N) is 3. The molecule has 2 heterocycles. The number of aromatic nitrogens is 2. The van der Waals surface area contributed by atoms with E-state index in [0.29, 0.717) is 11.4 Å². The van der Waals surface area contributed by atoms with Crippen molar-refractivity contribution < 1.29 is 13.6 Å². The second kappa shape index (κ2) is 8.11. The molecule has 0 unspecified atom stereocenters. The number of hydrogen-bond donors (Lipinski definition) is 0. The summed E-state index contributed by atoms with van der Waals surface area (Å²) in [5, 5.41) is 0.